The number of nitrogens with one attached hydrogen (secondary N) is 1. The molecule has 2 nitrogen and oxygen atoms in total. The fourth-order valence-electron chi connectivity index (χ4n) is 2.12. The van der Waals surface area contributed by atoms with E-state index in [-0.39, 0.29) is 11.8 Å². The Labute approximate surface area is 128 Å². The summed E-state index contributed by atoms with van der Waals surface area (Å²) in [6.07, 6.45) is 0. The molecule has 1 aromatic carbocycles. The summed E-state index contributed by atoms with van der Waals surface area (Å²) in [7, 11) is 0. The van der Waals surface area contributed by atoms with Crippen molar-refractivity contribution in [3.63, 3.8) is 0 Å². The van der Waals surface area contributed by atoms with Gasteiger partial charge < -0.3 is 5.32 Å². The van der Waals surface area contributed by atoms with E-state index in [1.54, 1.807) is 23.1 Å². The van der Waals surface area contributed by atoms with Crippen LogP contribution in [0, 0.1) is 0 Å². The molecule has 0 fully saturated rings. The lowest BCUT2D eigenvalue weighted by atomic mass is 10.0. The molecule has 2 heterocycles. The summed E-state index contributed by atoms with van der Waals surface area (Å²) in [6.45, 7) is 0.610. The van der Waals surface area contributed by atoms with Crippen LogP contribution in [0.25, 0.3) is 0 Å². The number of hydrogen-bond acceptors (Lipinski definition) is 3. The highest BCUT2D eigenvalue weighted by Gasteiger charge is 2.28. The Hall–Kier alpha value is -0.780. The third-order valence-electron chi connectivity index (χ3n) is 3.08. The number of hydrogen-bond donors (Lipinski definition) is 1. The quantitative estimate of drug-likeness (QED) is 0.902. The van der Waals surface area contributed by atoms with Crippen molar-refractivity contribution in [1.82, 2.24) is 5.32 Å². The second kappa shape index (κ2) is 5.69. The fourth-order valence-corrected chi connectivity index (χ4v) is 4.78. The second-order valence-electron chi connectivity index (χ2n) is 4.33. The molecule has 19 heavy (non-hydrogen) atoms. The van der Waals surface area contributed by atoms with Crippen LogP contribution in [0.1, 0.15) is 16.4 Å². The van der Waals surface area contributed by atoms with E-state index in [9.17, 15) is 4.79 Å². The SMILES string of the molecule is O=C(NCc1ccc(Br)s1)C1CSc2ccccc21. The van der Waals surface area contributed by atoms with Gasteiger partial charge in [-0.2, -0.15) is 0 Å². The third kappa shape index (κ3) is 2.88. The predicted molar refractivity (Wildman–Crippen MR) is 83.8 cm³/mol. The number of carbonyl (C=O) groups is 1. The topological polar surface area (TPSA) is 29.1 Å². The van der Waals surface area contributed by atoms with Crippen molar-refractivity contribution in [3.8, 4) is 0 Å². The molecule has 0 bridgehead atoms. The summed E-state index contributed by atoms with van der Waals surface area (Å²) < 4.78 is 1.10. The lowest BCUT2D eigenvalue weighted by molar-refractivity contribution is -0.122. The predicted octanol–water partition coefficient (Wildman–Crippen LogP) is 4.02. The number of thiophene rings is 1. The second-order valence-corrected chi connectivity index (χ2v) is 7.93. The minimum absolute atomic E-state index is 0.00963. The zero-order chi connectivity index (χ0) is 13.2. The first-order chi connectivity index (χ1) is 9.24. The van der Waals surface area contributed by atoms with Gasteiger partial charge in [-0.15, -0.1) is 23.1 Å². The maximum Gasteiger partial charge on any atom is 0.228 e. The number of rotatable bonds is 3. The van der Waals surface area contributed by atoms with Crippen molar-refractivity contribution in [2.75, 3.05) is 5.75 Å². The first-order valence-corrected chi connectivity index (χ1v) is 8.57. The Morgan fingerprint density at radius 3 is 2.95 bits per heavy atom. The van der Waals surface area contributed by atoms with Crippen LogP contribution in [0.3, 0.4) is 0 Å². The van der Waals surface area contributed by atoms with Crippen LogP contribution in [0.5, 0.6) is 0 Å². The molecule has 0 saturated carbocycles. The molecule has 3 rings (SSSR count). The van der Waals surface area contributed by atoms with Crippen LogP contribution in [-0.4, -0.2) is 11.7 Å². The van der Waals surface area contributed by atoms with Gasteiger partial charge in [0, 0.05) is 15.5 Å². The summed E-state index contributed by atoms with van der Waals surface area (Å²) in [5.41, 5.74) is 1.16. The van der Waals surface area contributed by atoms with Crippen molar-refractivity contribution < 1.29 is 4.79 Å². The lowest BCUT2D eigenvalue weighted by Gasteiger charge is -2.10. The fraction of sp³-hybridized carbons (Fsp3) is 0.214. The number of benzene rings is 1. The van der Waals surface area contributed by atoms with Crippen molar-refractivity contribution in [2.45, 2.75) is 17.4 Å². The number of amides is 1. The van der Waals surface area contributed by atoms with Crippen LogP contribution in [0.2, 0.25) is 0 Å². The Bertz CT molecular complexity index is 611. The molecule has 1 aliphatic rings. The summed E-state index contributed by atoms with van der Waals surface area (Å²) in [5.74, 6) is 0.964. The first kappa shape index (κ1) is 13.2. The first-order valence-electron chi connectivity index (χ1n) is 5.97. The summed E-state index contributed by atoms with van der Waals surface area (Å²) >= 11 is 6.85. The summed E-state index contributed by atoms with van der Waals surface area (Å²) in [4.78, 5) is 14.7. The maximum atomic E-state index is 12.3. The number of halogens is 1. The average molecular weight is 354 g/mol. The van der Waals surface area contributed by atoms with E-state index in [2.05, 4.69) is 33.4 Å². The molecule has 0 spiro atoms. The van der Waals surface area contributed by atoms with Gasteiger partial charge >= 0.3 is 0 Å². The molecule has 1 atom stereocenters. The molecular weight excluding hydrogens is 342 g/mol. The highest BCUT2D eigenvalue weighted by Crippen LogP contribution is 2.39. The van der Waals surface area contributed by atoms with Gasteiger partial charge in [0.1, 0.15) is 0 Å². The van der Waals surface area contributed by atoms with E-state index >= 15 is 0 Å². The molecule has 5 heteroatoms. The van der Waals surface area contributed by atoms with E-state index in [1.807, 2.05) is 24.3 Å². The number of fused-ring (bicyclic) bond motifs is 1. The standard InChI is InChI=1S/C14H12BrNOS2/c15-13-6-5-9(19-13)7-16-14(17)11-8-18-12-4-2-1-3-10(11)12/h1-6,11H,7-8H2,(H,16,17). The molecule has 2 aromatic rings. The number of carbonyl (C=O) groups excluding carboxylic acids is 1. The molecule has 1 aliphatic heterocycles. The van der Waals surface area contributed by atoms with E-state index in [1.165, 1.54) is 9.77 Å². The van der Waals surface area contributed by atoms with Crippen LogP contribution in [0.4, 0.5) is 0 Å². The van der Waals surface area contributed by atoms with Crippen molar-refractivity contribution in [3.05, 3.63) is 50.6 Å². The van der Waals surface area contributed by atoms with E-state index in [0.717, 1.165) is 15.1 Å². The van der Waals surface area contributed by atoms with Gasteiger partial charge in [-0.1, -0.05) is 18.2 Å². The molecule has 1 aromatic heterocycles. The minimum atomic E-state index is -0.00963. The van der Waals surface area contributed by atoms with Gasteiger partial charge in [-0.3, -0.25) is 4.79 Å². The van der Waals surface area contributed by atoms with Crippen molar-refractivity contribution in [1.29, 1.82) is 0 Å². The van der Waals surface area contributed by atoms with Crippen LogP contribution in [0.15, 0.2) is 45.1 Å². The summed E-state index contributed by atoms with van der Waals surface area (Å²) in [6, 6.07) is 12.2. The molecule has 0 saturated heterocycles. The monoisotopic (exact) mass is 353 g/mol. The van der Waals surface area contributed by atoms with Crippen molar-refractivity contribution in [2.24, 2.45) is 0 Å². The van der Waals surface area contributed by atoms with Crippen molar-refractivity contribution >= 4 is 44.9 Å². The van der Waals surface area contributed by atoms with Gasteiger partial charge in [0.05, 0.1) is 16.2 Å². The zero-order valence-electron chi connectivity index (χ0n) is 10.1. The zero-order valence-corrected chi connectivity index (χ0v) is 13.3. The average Bonchev–Trinajstić information content (AvgIpc) is 3.02. The highest BCUT2D eigenvalue weighted by atomic mass is 79.9. The van der Waals surface area contributed by atoms with Gasteiger partial charge in [-0.05, 0) is 39.7 Å². The molecule has 1 unspecified atom stereocenters. The van der Waals surface area contributed by atoms with E-state index < -0.39 is 0 Å². The van der Waals surface area contributed by atoms with Gasteiger partial charge in [-0.25, -0.2) is 0 Å². The van der Waals surface area contributed by atoms with Crippen LogP contribution >= 0.6 is 39.0 Å². The molecule has 98 valence electrons. The van der Waals surface area contributed by atoms with Crippen LogP contribution < -0.4 is 5.32 Å². The Balaban J connectivity index is 1.66. The normalized spacial score (nSPS) is 17.2. The Kier molecular flexibility index (Phi) is 3.96. The smallest absolute Gasteiger partial charge is 0.228 e. The van der Waals surface area contributed by atoms with Gasteiger partial charge in [0.2, 0.25) is 5.91 Å². The lowest BCUT2D eigenvalue weighted by Crippen LogP contribution is -2.28. The van der Waals surface area contributed by atoms with Gasteiger partial charge in [0.25, 0.3) is 0 Å². The summed E-state index contributed by atoms with van der Waals surface area (Å²) in [5, 5.41) is 3.03. The third-order valence-corrected chi connectivity index (χ3v) is 5.89. The Morgan fingerprint density at radius 2 is 2.16 bits per heavy atom. The van der Waals surface area contributed by atoms with E-state index in [4.69, 9.17) is 0 Å². The molecule has 0 radical (unpaired) electrons. The highest BCUT2D eigenvalue weighted by molar-refractivity contribution is 9.11. The van der Waals surface area contributed by atoms with Crippen LogP contribution in [-0.2, 0) is 11.3 Å². The molecule has 0 aliphatic carbocycles. The molecule has 1 amide bonds. The van der Waals surface area contributed by atoms with Gasteiger partial charge in [0.15, 0.2) is 0 Å². The molecule has 1 N–H and O–H groups in total. The minimum Gasteiger partial charge on any atom is -0.351 e. The van der Waals surface area contributed by atoms with E-state index in [0.29, 0.717) is 6.54 Å². The Morgan fingerprint density at radius 1 is 1.32 bits per heavy atom. The maximum absolute atomic E-state index is 12.3. The largest absolute Gasteiger partial charge is 0.351 e. The number of thioether (sulfide) groups is 1. The molecular formula is C14H12BrNOS2.